The zero-order valence-electron chi connectivity index (χ0n) is 16.4. The van der Waals surface area contributed by atoms with Crippen LogP contribution in [0.1, 0.15) is 73.9 Å². The van der Waals surface area contributed by atoms with Crippen LogP contribution in [0.2, 0.25) is 0 Å². The Morgan fingerprint density at radius 2 is 1.78 bits per heavy atom. The fraction of sp³-hybridized carbons (Fsp3) is 0.435. The first kappa shape index (κ1) is 19.7. The Morgan fingerprint density at radius 3 is 2.33 bits per heavy atom. The summed E-state index contributed by atoms with van der Waals surface area (Å²) in [6.07, 6.45) is 4.47. The summed E-state index contributed by atoms with van der Waals surface area (Å²) >= 11 is 1.47. The number of hydrogen-bond donors (Lipinski definition) is 2. The van der Waals surface area contributed by atoms with Crippen LogP contribution in [-0.2, 0) is 0 Å². The van der Waals surface area contributed by atoms with Gasteiger partial charge in [-0.05, 0) is 59.4 Å². The van der Waals surface area contributed by atoms with Gasteiger partial charge in [0, 0.05) is 5.70 Å². The third-order valence-corrected chi connectivity index (χ3v) is 6.73. The van der Waals surface area contributed by atoms with Gasteiger partial charge >= 0.3 is 5.97 Å². The zero-order chi connectivity index (χ0) is 19.6. The van der Waals surface area contributed by atoms with E-state index < -0.39 is 5.97 Å². The fourth-order valence-corrected chi connectivity index (χ4v) is 5.16. The number of carboxylic acid groups (broad SMARTS) is 1. The Bertz CT molecular complexity index is 809. The molecule has 0 bridgehead atoms. The van der Waals surface area contributed by atoms with Crippen LogP contribution in [0.3, 0.4) is 0 Å². The van der Waals surface area contributed by atoms with Gasteiger partial charge in [-0.3, -0.25) is 0 Å². The minimum absolute atomic E-state index is 0.329. The average molecular weight is 384 g/mol. The van der Waals surface area contributed by atoms with Crippen molar-refractivity contribution in [2.75, 3.05) is 5.32 Å². The molecule has 3 rings (SSSR count). The number of carboxylic acids is 1. The summed E-state index contributed by atoms with van der Waals surface area (Å²) in [6, 6.07) is 9.80. The molecule has 1 heterocycles. The molecular weight excluding hydrogens is 354 g/mol. The molecule has 1 aromatic carbocycles. The number of aromatic carboxylic acids is 1. The topological polar surface area (TPSA) is 49.3 Å². The molecular formula is C23H29NO2S. The van der Waals surface area contributed by atoms with Crippen molar-refractivity contribution in [3.05, 3.63) is 59.0 Å². The number of nitrogens with one attached hydrogen (secondary N) is 1. The molecule has 4 heteroatoms. The molecule has 1 saturated carbocycles. The van der Waals surface area contributed by atoms with Crippen LogP contribution < -0.4 is 5.32 Å². The normalized spacial score (nSPS) is 20.3. The van der Waals surface area contributed by atoms with Crippen molar-refractivity contribution in [3.63, 3.8) is 0 Å². The van der Waals surface area contributed by atoms with Gasteiger partial charge in [-0.2, -0.15) is 0 Å². The highest BCUT2D eigenvalue weighted by molar-refractivity contribution is 7.14. The number of benzene rings is 1. The van der Waals surface area contributed by atoms with E-state index in [1.54, 1.807) is 0 Å². The Morgan fingerprint density at radius 1 is 1.15 bits per heavy atom. The standard InChI is InChI=1S/C23H29NO2S/c1-15(16-8-6-5-7-9-16)24-21-20(22(25)26)19(14-27-21)17-10-12-18(13-11-17)23(2,3)4/h5-9,14,17-18,24H,1,10-13H2,2-4H3,(H,25,26). The van der Waals surface area contributed by atoms with Crippen molar-refractivity contribution in [3.8, 4) is 0 Å². The van der Waals surface area contributed by atoms with Crippen molar-refractivity contribution in [2.24, 2.45) is 11.3 Å². The predicted octanol–water partition coefficient (Wildman–Crippen LogP) is 6.85. The van der Waals surface area contributed by atoms with Gasteiger partial charge < -0.3 is 10.4 Å². The van der Waals surface area contributed by atoms with Crippen molar-refractivity contribution in [1.29, 1.82) is 0 Å². The van der Waals surface area contributed by atoms with Crippen LogP contribution in [-0.4, -0.2) is 11.1 Å². The maximum absolute atomic E-state index is 12.0. The highest BCUT2D eigenvalue weighted by atomic mass is 32.1. The Hall–Kier alpha value is -2.07. The molecule has 144 valence electrons. The molecule has 1 fully saturated rings. The predicted molar refractivity (Wildman–Crippen MR) is 115 cm³/mol. The zero-order valence-corrected chi connectivity index (χ0v) is 17.2. The Kier molecular flexibility index (Phi) is 5.75. The second kappa shape index (κ2) is 7.89. The third-order valence-electron chi connectivity index (χ3n) is 5.81. The second-order valence-electron chi connectivity index (χ2n) is 8.58. The van der Waals surface area contributed by atoms with E-state index in [9.17, 15) is 9.90 Å². The van der Waals surface area contributed by atoms with Gasteiger partial charge in [0.05, 0.1) is 5.56 Å². The third kappa shape index (κ3) is 4.44. The maximum Gasteiger partial charge on any atom is 0.339 e. The molecule has 3 nitrogen and oxygen atoms in total. The number of hydrogen-bond acceptors (Lipinski definition) is 3. The Labute approximate surface area is 166 Å². The molecule has 0 radical (unpaired) electrons. The maximum atomic E-state index is 12.0. The van der Waals surface area contributed by atoms with Crippen LogP contribution in [0.25, 0.3) is 5.70 Å². The monoisotopic (exact) mass is 383 g/mol. The smallest absolute Gasteiger partial charge is 0.339 e. The first-order chi connectivity index (χ1) is 12.8. The number of thiophene rings is 1. The van der Waals surface area contributed by atoms with Gasteiger partial charge in [-0.15, -0.1) is 11.3 Å². The van der Waals surface area contributed by atoms with Crippen molar-refractivity contribution in [1.82, 2.24) is 0 Å². The highest BCUT2D eigenvalue weighted by Crippen LogP contribution is 2.46. The summed E-state index contributed by atoms with van der Waals surface area (Å²) < 4.78 is 0. The van der Waals surface area contributed by atoms with E-state index in [1.165, 1.54) is 24.2 Å². The molecule has 1 aliphatic carbocycles. The van der Waals surface area contributed by atoms with E-state index in [4.69, 9.17) is 0 Å². The molecule has 0 amide bonds. The lowest BCUT2D eigenvalue weighted by molar-refractivity contribution is 0.0695. The summed E-state index contributed by atoms with van der Waals surface area (Å²) in [4.78, 5) is 12.0. The van der Waals surface area contributed by atoms with E-state index in [-0.39, 0.29) is 0 Å². The molecule has 0 atom stereocenters. The summed E-state index contributed by atoms with van der Waals surface area (Å²) in [7, 11) is 0. The number of rotatable bonds is 5. The van der Waals surface area contributed by atoms with Gasteiger partial charge in [-0.25, -0.2) is 4.79 Å². The summed E-state index contributed by atoms with van der Waals surface area (Å²) in [5, 5.41) is 15.8. The summed E-state index contributed by atoms with van der Waals surface area (Å²) in [5.74, 6) is 0.204. The second-order valence-corrected chi connectivity index (χ2v) is 9.46. The van der Waals surface area contributed by atoms with Crippen LogP contribution in [0.4, 0.5) is 5.00 Å². The van der Waals surface area contributed by atoms with Crippen molar-refractivity contribution < 1.29 is 9.90 Å². The van der Waals surface area contributed by atoms with Crippen molar-refractivity contribution >= 4 is 28.0 Å². The minimum atomic E-state index is -0.854. The van der Waals surface area contributed by atoms with Gasteiger partial charge in [0.25, 0.3) is 0 Å². The number of carbonyl (C=O) groups is 1. The first-order valence-electron chi connectivity index (χ1n) is 9.63. The molecule has 2 aromatic rings. The summed E-state index contributed by atoms with van der Waals surface area (Å²) in [6.45, 7) is 11.0. The Balaban J connectivity index is 1.78. The highest BCUT2D eigenvalue weighted by Gasteiger charge is 2.33. The van der Waals surface area contributed by atoms with E-state index in [2.05, 4.69) is 32.7 Å². The van der Waals surface area contributed by atoms with Gasteiger partial charge in [-0.1, -0.05) is 57.7 Å². The first-order valence-corrected chi connectivity index (χ1v) is 10.5. The molecule has 1 aliphatic rings. The van der Waals surface area contributed by atoms with E-state index in [0.717, 1.165) is 35.6 Å². The molecule has 2 N–H and O–H groups in total. The number of anilines is 1. The van der Waals surface area contributed by atoms with E-state index in [0.29, 0.717) is 21.9 Å². The largest absolute Gasteiger partial charge is 0.478 e. The SMILES string of the molecule is C=C(Nc1scc(C2CCC(C(C)(C)C)CC2)c1C(=O)O)c1ccccc1. The van der Waals surface area contributed by atoms with Crippen LogP contribution in [0.15, 0.2) is 42.3 Å². The lowest BCUT2D eigenvalue weighted by Gasteiger charge is -2.37. The van der Waals surface area contributed by atoms with Crippen LogP contribution in [0, 0.1) is 11.3 Å². The van der Waals surface area contributed by atoms with Crippen molar-refractivity contribution in [2.45, 2.75) is 52.4 Å². The average Bonchev–Trinajstić information content (AvgIpc) is 3.05. The van der Waals surface area contributed by atoms with Crippen LogP contribution in [0.5, 0.6) is 0 Å². The molecule has 0 unspecified atom stereocenters. The fourth-order valence-electron chi connectivity index (χ4n) is 4.10. The van der Waals surface area contributed by atoms with Gasteiger partial charge in [0.1, 0.15) is 5.00 Å². The van der Waals surface area contributed by atoms with Gasteiger partial charge in [0.15, 0.2) is 0 Å². The summed E-state index contributed by atoms with van der Waals surface area (Å²) in [5.41, 5.74) is 3.44. The molecule has 0 aliphatic heterocycles. The van der Waals surface area contributed by atoms with Crippen LogP contribution >= 0.6 is 11.3 Å². The minimum Gasteiger partial charge on any atom is -0.478 e. The quantitative estimate of drug-likeness (QED) is 0.593. The lowest BCUT2D eigenvalue weighted by atomic mass is 9.68. The molecule has 0 spiro atoms. The van der Waals surface area contributed by atoms with Gasteiger partial charge in [0.2, 0.25) is 0 Å². The van der Waals surface area contributed by atoms with E-state index >= 15 is 0 Å². The molecule has 1 aromatic heterocycles. The van der Waals surface area contributed by atoms with E-state index in [1.807, 2.05) is 35.7 Å². The lowest BCUT2D eigenvalue weighted by Crippen LogP contribution is -2.25. The molecule has 0 saturated heterocycles. The molecule has 27 heavy (non-hydrogen) atoms.